The second kappa shape index (κ2) is 8.90. The molecule has 4 N–H and O–H groups in total. The number of nitrogens with one attached hydrogen (secondary N) is 2. The summed E-state index contributed by atoms with van der Waals surface area (Å²) in [5.41, 5.74) is 13.1. The molecule has 6 nitrogen and oxygen atoms in total. The number of nitrogens with two attached hydrogens (primary N) is 1. The molecule has 1 atom stereocenters. The van der Waals surface area contributed by atoms with Crippen molar-refractivity contribution in [2.75, 3.05) is 11.9 Å². The fraction of sp³-hybridized carbons (Fsp3) is 0.160. The average molecular weight is 441 g/mol. The lowest BCUT2D eigenvalue weighted by Gasteiger charge is -2.12. The van der Waals surface area contributed by atoms with Crippen LogP contribution in [0.5, 0.6) is 0 Å². The second-order valence-electron chi connectivity index (χ2n) is 7.89. The third-order valence-corrected chi connectivity index (χ3v) is 6.43. The smallest absolute Gasteiger partial charge is 0.206 e. The summed E-state index contributed by atoms with van der Waals surface area (Å²) in [4.78, 5) is 0. The predicted octanol–water partition coefficient (Wildman–Crippen LogP) is 5.04. The van der Waals surface area contributed by atoms with Crippen LogP contribution in [-0.4, -0.2) is 33.0 Å². The molecule has 3 aromatic carbocycles. The molecule has 0 unspecified atom stereocenters. The van der Waals surface area contributed by atoms with Crippen LogP contribution >= 0.6 is 11.3 Å². The molecule has 0 aliphatic carbocycles. The van der Waals surface area contributed by atoms with Gasteiger partial charge in [0.25, 0.3) is 0 Å². The van der Waals surface area contributed by atoms with Crippen molar-refractivity contribution in [2.45, 2.75) is 19.4 Å². The van der Waals surface area contributed by atoms with Gasteiger partial charge in [-0.25, -0.2) is 0 Å². The highest BCUT2D eigenvalue weighted by Gasteiger charge is 2.11. The molecule has 0 radical (unpaired) electrons. The number of aromatic amines is 1. The molecule has 0 bridgehead atoms. The van der Waals surface area contributed by atoms with Crippen molar-refractivity contribution in [3.8, 4) is 21.7 Å². The van der Waals surface area contributed by atoms with E-state index in [1.807, 2.05) is 25.1 Å². The van der Waals surface area contributed by atoms with Gasteiger partial charge in [0, 0.05) is 23.5 Å². The monoisotopic (exact) mass is 440 g/mol. The molecule has 0 spiro atoms. The van der Waals surface area contributed by atoms with E-state index in [0.29, 0.717) is 6.54 Å². The minimum Gasteiger partial charge on any atom is -0.359 e. The van der Waals surface area contributed by atoms with Gasteiger partial charge in [-0.1, -0.05) is 65.9 Å². The molecule has 160 valence electrons. The van der Waals surface area contributed by atoms with E-state index < -0.39 is 0 Å². The summed E-state index contributed by atoms with van der Waals surface area (Å²) in [5.74, 6) is 0. The number of anilines is 1. The number of H-pyrrole nitrogens is 1. The van der Waals surface area contributed by atoms with Gasteiger partial charge in [-0.3, -0.25) is 5.10 Å². The molecule has 7 heteroatoms. The van der Waals surface area contributed by atoms with Gasteiger partial charge in [-0.15, -0.1) is 10.2 Å². The maximum Gasteiger partial charge on any atom is 0.206 e. The zero-order valence-electron chi connectivity index (χ0n) is 17.7. The molecule has 0 saturated heterocycles. The summed E-state index contributed by atoms with van der Waals surface area (Å²) in [7, 11) is 0. The van der Waals surface area contributed by atoms with Crippen LogP contribution in [-0.2, 0) is 6.42 Å². The number of fused-ring (bicyclic) bond motifs is 1. The molecule has 2 aromatic heterocycles. The van der Waals surface area contributed by atoms with E-state index >= 15 is 0 Å². The third-order valence-electron chi connectivity index (χ3n) is 5.50. The number of hydrogen-bond acceptors (Lipinski definition) is 6. The van der Waals surface area contributed by atoms with Crippen LogP contribution in [0.2, 0.25) is 0 Å². The SMILES string of the molecule is Cc1n[nH]c2ccc(-c3nnc(NC[C@@H](N)Cc4ccc(-c5ccccc5)cc4)s3)cc12. The molecular formula is C25H24N6S. The quantitative estimate of drug-likeness (QED) is 0.330. The molecule has 0 aliphatic rings. The van der Waals surface area contributed by atoms with Crippen LogP contribution < -0.4 is 11.1 Å². The summed E-state index contributed by atoms with van der Waals surface area (Å²) in [6.07, 6.45) is 0.796. The highest BCUT2D eigenvalue weighted by Crippen LogP contribution is 2.29. The van der Waals surface area contributed by atoms with Crippen molar-refractivity contribution in [3.63, 3.8) is 0 Å². The van der Waals surface area contributed by atoms with Crippen molar-refractivity contribution in [2.24, 2.45) is 5.73 Å². The van der Waals surface area contributed by atoms with Gasteiger partial charge < -0.3 is 11.1 Å². The maximum atomic E-state index is 6.37. The number of benzene rings is 3. The Labute approximate surface area is 190 Å². The van der Waals surface area contributed by atoms with Crippen LogP contribution in [0.4, 0.5) is 5.13 Å². The molecular weight excluding hydrogens is 416 g/mol. The largest absolute Gasteiger partial charge is 0.359 e. The molecule has 0 saturated carbocycles. The van der Waals surface area contributed by atoms with E-state index in [2.05, 4.69) is 80.3 Å². The second-order valence-corrected chi connectivity index (χ2v) is 8.87. The van der Waals surface area contributed by atoms with Gasteiger partial charge in [-0.2, -0.15) is 5.10 Å². The summed E-state index contributed by atoms with van der Waals surface area (Å²) in [6.45, 7) is 2.63. The van der Waals surface area contributed by atoms with Crippen LogP contribution in [0.3, 0.4) is 0 Å². The zero-order valence-corrected chi connectivity index (χ0v) is 18.6. The van der Waals surface area contributed by atoms with Gasteiger partial charge in [0.15, 0.2) is 0 Å². The van der Waals surface area contributed by atoms with Crippen LogP contribution in [0.15, 0.2) is 72.8 Å². The van der Waals surface area contributed by atoms with E-state index in [1.165, 1.54) is 28.0 Å². The van der Waals surface area contributed by atoms with Crippen LogP contribution in [0, 0.1) is 6.92 Å². The highest BCUT2D eigenvalue weighted by atomic mass is 32.1. The Balaban J connectivity index is 1.19. The Bertz CT molecular complexity index is 1320. The van der Waals surface area contributed by atoms with E-state index in [9.17, 15) is 0 Å². The molecule has 0 aliphatic heterocycles. The Morgan fingerprint density at radius 1 is 0.938 bits per heavy atom. The lowest BCUT2D eigenvalue weighted by Crippen LogP contribution is -2.31. The molecule has 5 rings (SSSR count). The molecule has 0 amide bonds. The van der Waals surface area contributed by atoms with Gasteiger partial charge in [0.05, 0.1) is 11.2 Å². The van der Waals surface area contributed by atoms with Gasteiger partial charge in [-0.05, 0) is 48.2 Å². The average Bonchev–Trinajstić information content (AvgIpc) is 3.45. The molecule has 2 heterocycles. The standard InChI is InChI=1S/C25H24N6S/c1-16-22-14-20(11-12-23(22)29-28-16)24-30-31-25(32-24)27-15-21(26)13-17-7-9-19(10-8-17)18-5-3-2-4-6-18/h2-12,14,21H,13,15,26H2,1H3,(H,27,31)(H,28,29)/t21-/m0/s1. The van der Waals surface area contributed by atoms with Gasteiger partial charge in [0.2, 0.25) is 5.13 Å². The Morgan fingerprint density at radius 2 is 1.69 bits per heavy atom. The summed E-state index contributed by atoms with van der Waals surface area (Å²) in [6, 6.07) is 25.1. The summed E-state index contributed by atoms with van der Waals surface area (Å²) in [5, 5.41) is 22.0. The van der Waals surface area contributed by atoms with Gasteiger partial charge in [0.1, 0.15) is 5.01 Å². The first-order valence-electron chi connectivity index (χ1n) is 10.6. The third kappa shape index (κ3) is 4.39. The molecule has 0 fully saturated rings. The number of hydrogen-bond donors (Lipinski definition) is 3. The van der Waals surface area contributed by atoms with Crippen LogP contribution in [0.25, 0.3) is 32.6 Å². The first kappa shape index (κ1) is 20.4. The van der Waals surface area contributed by atoms with Crippen molar-refractivity contribution in [3.05, 3.63) is 84.1 Å². The first-order valence-corrected chi connectivity index (χ1v) is 11.4. The maximum absolute atomic E-state index is 6.37. The lowest BCUT2D eigenvalue weighted by atomic mass is 10.0. The minimum absolute atomic E-state index is 0.0187. The molecule has 32 heavy (non-hydrogen) atoms. The van der Waals surface area contributed by atoms with E-state index in [1.54, 1.807) is 0 Å². The lowest BCUT2D eigenvalue weighted by molar-refractivity contribution is 0.698. The highest BCUT2D eigenvalue weighted by molar-refractivity contribution is 7.18. The number of rotatable bonds is 7. The number of aromatic nitrogens is 4. The fourth-order valence-electron chi connectivity index (χ4n) is 3.75. The van der Waals surface area contributed by atoms with E-state index in [4.69, 9.17) is 5.73 Å². The summed E-state index contributed by atoms with van der Waals surface area (Å²) >= 11 is 1.53. The van der Waals surface area contributed by atoms with Crippen molar-refractivity contribution in [1.82, 2.24) is 20.4 Å². The van der Waals surface area contributed by atoms with E-state index in [-0.39, 0.29) is 6.04 Å². The number of nitrogens with zero attached hydrogens (tertiary/aromatic N) is 3. The van der Waals surface area contributed by atoms with Crippen molar-refractivity contribution >= 4 is 27.4 Å². The first-order chi connectivity index (χ1) is 15.7. The predicted molar refractivity (Wildman–Crippen MR) is 132 cm³/mol. The van der Waals surface area contributed by atoms with Crippen molar-refractivity contribution < 1.29 is 0 Å². The summed E-state index contributed by atoms with van der Waals surface area (Å²) < 4.78 is 0. The Hall–Kier alpha value is -3.55. The normalized spacial score (nSPS) is 12.2. The van der Waals surface area contributed by atoms with Crippen LogP contribution in [0.1, 0.15) is 11.3 Å². The van der Waals surface area contributed by atoms with Gasteiger partial charge >= 0.3 is 0 Å². The minimum atomic E-state index is -0.0187. The van der Waals surface area contributed by atoms with Crippen molar-refractivity contribution in [1.29, 1.82) is 0 Å². The zero-order chi connectivity index (χ0) is 21.9. The molecule has 5 aromatic rings. The Morgan fingerprint density at radius 3 is 2.50 bits per heavy atom. The fourth-order valence-corrected chi connectivity index (χ4v) is 4.49. The Kier molecular flexibility index (Phi) is 5.66. The topological polar surface area (TPSA) is 92.5 Å². The van der Waals surface area contributed by atoms with E-state index in [0.717, 1.165) is 38.7 Å². The number of aryl methyl sites for hydroxylation is 1.